The number of hydrogen-bond acceptors (Lipinski definition) is 4. The molecule has 0 saturated heterocycles. The maximum atomic E-state index is 13.7. The fourth-order valence-corrected chi connectivity index (χ4v) is 5.85. The standard InChI is InChI=1S/C28H29NO4S/c1-5-20-8-14-23(15-9-20)29-25(22-12-10-21(11-13-22)18(2)3)27(26(30)28(29)31)34(32,33)24-16-6-19(4)7-17-24/h6-18,25,30H,5H2,1-4H3/t25-/m1/s1. The third kappa shape index (κ3) is 4.14. The molecule has 34 heavy (non-hydrogen) atoms. The summed E-state index contributed by atoms with van der Waals surface area (Å²) in [6, 6.07) is 20.4. The highest BCUT2D eigenvalue weighted by molar-refractivity contribution is 7.95. The maximum Gasteiger partial charge on any atom is 0.295 e. The normalized spacial score (nSPS) is 16.6. The van der Waals surface area contributed by atoms with Gasteiger partial charge in [-0.3, -0.25) is 9.69 Å². The van der Waals surface area contributed by atoms with Gasteiger partial charge in [0.15, 0.2) is 5.76 Å². The van der Waals surface area contributed by atoms with Crippen molar-refractivity contribution in [2.24, 2.45) is 0 Å². The minimum atomic E-state index is -4.15. The van der Waals surface area contributed by atoms with Crippen molar-refractivity contribution < 1.29 is 18.3 Å². The van der Waals surface area contributed by atoms with Gasteiger partial charge in [-0.2, -0.15) is 0 Å². The number of carbonyl (C=O) groups is 1. The number of nitrogens with zero attached hydrogens (tertiary/aromatic N) is 1. The van der Waals surface area contributed by atoms with Crippen LogP contribution in [0.5, 0.6) is 0 Å². The van der Waals surface area contributed by atoms with E-state index in [1.54, 1.807) is 24.3 Å². The van der Waals surface area contributed by atoms with Crippen molar-refractivity contribution in [1.29, 1.82) is 0 Å². The predicted molar refractivity (Wildman–Crippen MR) is 135 cm³/mol. The molecule has 6 heteroatoms. The molecule has 3 aromatic rings. The van der Waals surface area contributed by atoms with Gasteiger partial charge in [0.05, 0.1) is 4.90 Å². The van der Waals surface area contributed by atoms with Crippen molar-refractivity contribution in [3.63, 3.8) is 0 Å². The van der Waals surface area contributed by atoms with Gasteiger partial charge in [-0.1, -0.05) is 74.9 Å². The number of anilines is 1. The van der Waals surface area contributed by atoms with Crippen LogP contribution >= 0.6 is 0 Å². The molecule has 0 bridgehead atoms. The third-order valence-corrected chi connectivity index (χ3v) is 8.21. The number of benzene rings is 3. The van der Waals surface area contributed by atoms with Crippen LogP contribution in [0.15, 0.2) is 88.4 Å². The number of aliphatic hydroxyl groups is 1. The maximum absolute atomic E-state index is 13.7. The van der Waals surface area contributed by atoms with Crippen LogP contribution in [-0.2, 0) is 21.1 Å². The van der Waals surface area contributed by atoms with Gasteiger partial charge >= 0.3 is 0 Å². The van der Waals surface area contributed by atoms with E-state index in [4.69, 9.17) is 0 Å². The highest BCUT2D eigenvalue weighted by Gasteiger charge is 2.47. The SMILES string of the molecule is CCc1ccc(N2C(=O)C(O)=C(S(=O)(=O)c3ccc(C)cc3)[C@H]2c2ccc(C(C)C)cc2)cc1. The zero-order chi connectivity index (χ0) is 24.6. The predicted octanol–water partition coefficient (Wildman–Crippen LogP) is 6.01. The summed E-state index contributed by atoms with van der Waals surface area (Å²) < 4.78 is 27.5. The molecular weight excluding hydrogens is 446 g/mol. The first-order chi connectivity index (χ1) is 16.1. The van der Waals surface area contributed by atoms with Crippen molar-refractivity contribution in [3.8, 4) is 0 Å². The highest BCUT2D eigenvalue weighted by Crippen LogP contribution is 2.45. The number of amides is 1. The molecule has 0 unspecified atom stereocenters. The minimum Gasteiger partial charge on any atom is -0.502 e. The number of hydrogen-bond donors (Lipinski definition) is 1. The summed E-state index contributed by atoms with van der Waals surface area (Å²) in [5, 5.41) is 10.9. The van der Waals surface area contributed by atoms with Gasteiger partial charge in [0.2, 0.25) is 9.84 Å². The molecule has 4 rings (SSSR count). The second-order valence-corrected chi connectivity index (χ2v) is 10.9. The Labute approximate surface area is 201 Å². The van der Waals surface area contributed by atoms with Gasteiger partial charge in [-0.05, 0) is 60.2 Å². The summed E-state index contributed by atoms with van der Waals surface area (Å²) in [5.74, 6) is -1.16. The molecule has 1 N–H and O–H groups in total. The Morgan fingerprint density at radius 1 is 0.912 bits per heavy atom. The quantitative estimate of drug-likeness (QED) is 0.474. The number of sulfone groups is 1. The number of rotatable bonds is 6. The van der Waals surface area contributed by atoms with Gasteiger partial charge in [0, 0.05) is 5.69 Å². The highest BCUT2D eigenvalue weighted by atomic mass is 32.2. The van der Waals surface area contributed by atoms with Gasteiger partial charge in [0.1, 0.15) is 10.9 Å². The number of aliphatic hydroxyl groups excluding tert-OH is 1. The largest absolute Gasteiger partial charge is 0.502 e. The van der Waals surface area contributed by atoms with Crippen LogP contribution in [0.25, 0.3) is 0 Å². The van der Waals surface area contributed by atoms with Crippen molar-refractivity contribution in [1.82, 2.24) is 0 Å². The van der Waals surface area contributed by atoms with E-state index in [9.17, 15) is 18.3 Å². The van der Waals surface area contributed by atoms with E-state index in [1.807, 2.05) is 50.2 Å². The first kappa shape index (κ1) is 23.8. The molecular formula is C28H29NO4S. The molecule has 0 aliphatic carbocycles. The van der Waals surface area contributed by atoms with Crippen LogP contribution in [0.3, 0.4) is 0 Å². The molecule has 3 aromatic carbocycles. The first-order valence-electron chi connectivity index (χ1n) is 11.4. The van der Waals surface area contributed by atoms with Crippen molar-refractivity contribution in [2.45, 2.75) is 51.0 Å². The topological polar surface area (TPSA) is 74.7 Å². The van der Waals surface area contributed by atoms with E-state index in [0.717, 1.165) is 23.1 Å². The van der Waals surface area contributed by atoms with Gasteiger partial charge in [-0.15, -0.1) is 0 Å². The van der Waals surface area contributed by atoms with Gasteiger partial charge < -0.3 is 5.11 Å². The second-order valence-electron chi connectivity index (χ2n) is 8.95. The van der Waals surface area contributed by atoms with Gasteiger partial charge in [-0.25, -0.2) is 8.42 Å². The molecule has 0 fully saturated rings. The number of aryl methyl sites for hydroxylation is 2. The van der Waals surface area contributed by atoms with Crippen molar-refractivity contribution in [2.75, 3.05) is 4.90 Å². The van der Waals surface area contributed by atoms with Crippen LogP contribution in [0.4, 0.5) is 5.69 Å². The van der Waals surface area contributed by atoms with E-state index in [0.29, 0.717) is 17.2 Å². The van der Waals surface area contributed by atoms with E-state index >= 15 is 0 Å². The molecule has 0 radical (unpaired) electrons. The van der Waals surface area contributed by atoms with E-state index in [1.165, 1.54) is 17.0 Å². The lowest BCUT2D eigenvalue weighted by atomic mass is 9.98. The average molecular weight is 476 g/mol. The summed E-state index contributed by atoms with van der Waals surface area (Å²) in [6.45, 7) is 8.06. The zero-order valence-corrected chi connectivity index (χ0v) is 20.6. The molecule has 0 spiro atoms. The molecule has 0 aromatic heterocycles. The van der Waals surface area contributed by atoms with Gasteiger partial charge in [0.25, 0.3) is 5.91 Å². The van der Waals surface area contributed by atoms with E-state index in [2.05, 4.69) is 13.8 Å². The lowest BCUT2D eigenvalue weighted by molar-refractivity contribution is -0.117. The molecule has 5 nitrogen and oxygen atoms in total. The summed E-state index contributed by atoms with van der Waals surface area (Å²) in [4.78, 5) is 14.4. The third-order valence-electron chi connectivity index (χ3n) is 6.32. The first-order valence-corrected chi connectivity index (χ1v) is 12.9. The lowest BCUT2D eigenvalue weighted by Crippen LogP contribution is -2.31. The summed E-state index contributed by atoms with van der Waals surface area (Å²) >= 11 is 0. The van der Waals surface area contributed by atoms with Crippen LogP contribution in [0, 0.1) is 6.92 Å². The molecule has 1 heterocycles. The molecule has 1 atom stereocenters. The van der Waals surface area contributed by atoms with Crippen LogP contribution < -0.4 is 4.90 Å². The summed E-state index contributed by atoms with van der Waals surface area (Å²) in [5.41, 5.74) is 4.26. The Kier molecular flexibility index (Phi) is 6.36. The molecule has 1 aliphatic heterocycles. The van der Waals surface area contributed by atoms with E-state index < -0.39 is 27.5 Å². The molecule has 0 saturated carbocycles. The molecule has 1 amide bonds. The van der Waals surface area contributed by atoms with Crippen LogP contribution in [-0.4, -0.2) is 19.4 Å². The molecule has 1 aliphatic rings. The second kappa shape index (κ2) is 9.11. The Morgan fingerprint density at radius 2 is 1.50 bits per heavy atom. The zero-order valence-electron chi connectivity index (χ0n) is 19.8. The Bertz CT molecular complexity index is 1340. The Hall–Kier alpha value is -3.38. The monoisotopic (exact) mass is 475 g/mol. The summed E-state index contributed by atoms with van der Waals surface area (Å²) in [6.07, 6.45) is 0.838. The smallest absolute Gasteiger partial charge is 0.295 e. The minimum absolute atomic E-state index is 0.0411. The van der Waals surface area contributed by atoms with Crippen LogP contribution in [0.2, 0.25) is 0 Å². The summed E-state index contributed by atoms with van der Waals surface area (Å²) in [7, 11) is -4.15. The Balaban J connectivity index is 1.90. The fraction of sp³-hybridized carbons (Fsp3) is 0.250. The average Bonchev–Trinajstić information content (AvgIpc) is 3.10. The molecule has 176 valence electrons. The van der Waals surface area contributed by atoms with Crippen LogP contribution in [0.1, 0.15) is 55.0 Å². The van der Waals surface area contributed by atoms with E-state index in [-0.39, 0.29) is 9.80 Å². The lowest BCUT2D eigenvalue weighted by Gasteiger charge is -2.27. The Morgan fingerprint density at radius 3 is 2.03 bits per heavy atom. The van der Waals surface area contributed by atoms with Crippen molar-refractivity contribution in [3.05, 3.63) is 106 Å². The fourth-order valence-electron chi connectivity index (χ4n) is 4.22. The number of carbonyl (C=O) groups excluding carboxylic acids is 1. The van der Waals surface area contributed by atoms with Crippen molar-refractivity contribution >= 4 is 21.4 Å².